The smallest absolute Gasteiger partial charge is 0.225 e. The molecule has 174 valence electrons. The van der Waals surface area contributed by atoms with E-state index in [0.29, 0.717) is 0 Å². The quantitative estimate of drug-likeness (QED) is 0.655. The molecule has 1 N–H and O–H groups in total. The summed E-state index contributed by atoms with van der Waals surface area (Å²) < 4.78 is 83.7. The number of carbonyl (C=O) groups excluding carboxylic acids is 1. The zero-order chi connectivity index (χ0) is 23.8. The Morgan fingerprint density at radius 3 is 2.47 bits per heavy atom. The molecule has 1 heterocycles. The van der Waals surface area contributed by atoms with Crippen molar-refractivity contribution in [1.82, 2.24) is 9.62 Å². The lowest BCUT2D eigenvalue weighted by Crippen LogP contribution is -2.50. The molecule has 1 fully saturated rings. The van der Waals surface area contributed by atoms with E-state index in [1.54, 1.807) is 13.8 Å². The van der Waals surface area contributed by atoms with E-state index in [1.807, 2.05) is 0 Å². The molecule has 5 nitrogen and oxygen atoms in total. The molecule has 0 saturated carbocycles. The number of amides is 1. The largest absolute Gasteiger partial charge is 0.334 e. The summed E-state index contributed by atoms with van der Waals surface area (Å²) in [5.74, 6) is -3.30. The minimum Gasteiger partial charge on any atom is -0.334 e. The third kappa shape index (κ3) is 5.12. The van der Waals surface area contributed by atoms with Crippen molar-refractivity contribution in [3.05, 3.63) is 59.4 Å². The summed E-state index contributed by atoms with van der Waals surface area (Å²) in [6.07, 6.45) is -1.04. The zero-order valence-corrected chi connectivity index (χ0v) is 18.6. The normalized spacial score (nSPS) is 21.4. The van der Waals surface area contributed by atoms with Crippen LogP contribution in [0, 0.1) is 23.4 Å². The molecule has 0 spiro atoms. The first-order valence-corrected chi connectivity index (χ1v) is 11.9. The van der Waals surface area contributed by atoms with E-state index in [1.165, 1.54) is 23.1 Å². The SMILES string of the molecule is CC(C)C(=O)N1C[C@H](F)[C@H](NS(C)(=O)=O)[C@@H]1Cc1cccc(-c2cc(F)ccc2F)c1F. The highest BCUT2D eigenvalue weighted by Gasteiger charge is 2.46. The van der Waals surface area contributed by atoms with Crippen LogP contribution in [0.5, 0.6) is 0 Å². The molecule has 2 aromatic carbocycles. The lowest BCUT2D eigenvalue weighted by molar-refractivity contribution is -0.135. The summed E-state index contributed by atoms with van der Waals surface area (Å²) in [7, 11) is -3.82. The number of benzene rings is 2. The summed E-state index contributed by atoms with van der Waals surface area (Å²) in [6, 6.07) is 4.50. The molecule has 3 atom stereocenters. The molecule has 2 aromatic rings. The summed E-state index contributed by atoms with van der Waals surface area (Å²) >= 11 is 0. The number of carbonyl (C=O) groups is 1. The van der Waals surface area contributed by atoms with Gasteiger partial charge in [0.1, 0.15) is 23.6 Å². The van der Waals surface area contributed by atoms with E-state index in [4.69, 9.17) is 0 Å². The van der Waals surface area contributed by atoms with Crippen LogP contribution in [0.4, 0.5) is 17.6 Å². The van der Waals surface area contributed by atoms with E-state index >= 15 is 4.39 Å². The molecule has 0 aliphatic carbocycles. The average molecular weight is 473 g/mol. The van der Waals surface area contributed by atoms with Crippen LogP contribution >= 0.6 is 0 Å². The second-order valence-electron chi connectivity index (χ2n) is 8.25. The van der Waals surface area contributed by atoms with Gasteiger partial charge in [-0.05, 0) is 30.2 Å². The van der Waals surface area contributed by atoms with Crippen molar-refractivity contribution in [3.63, 3.8) is 0 Å². The Morgan fingerprint density at radius 2 is 1.84 bits per heavy atom. The van der Waals surface area contributed by atoms with E-state index in [2.05, 4.69) is 4.72 Å². The number of halogens is 4. The Balaban J connectivity index is 2.03. The third-order valence-electron chi connectivity index (χ3n) is 5.43. The molecule has 10 heteroatoms. The van der Waals surface area contributed by atoms with Gasteiger partial charge in [0.2, 0.25) is 15.9 Å². The van der Waals surface area contributed by atoms with Crippen LogP contribution in [0.15, 0.2) is 36.4 Å². The van der Waals surface area contributed by atoms with Gasteiger partial charge in [-0.2, -0.15) is 0 Å². The first kappa shape index (κ1) is 24.2. The molecule has 0 bridgehead atoms. The fraction of sp³-hybridized carbons (Fsp3) is 0.409. The molecule has 3 rings (SSSR count). The highest BCUT2D eigenvalue weighted by Crippen LogP contribution is 2.32. The van der Waals surface area contributed by atoms with E-state index in [0.717, 1.165) is 24.5 Å². The van der Waals surface area contributed by atoms with Gasteiger partial charge in [0.15, 0.2) is 0 Å². The molecule has 0 aromatic heterocycles. The highest BCUT2D eigenvalue weighted by molar-refractivity contribution is 7.88. The maximum Gasteiger partial charge on any atom is 0.225 e. The van der Waals surface area contributed by atoms with Crippen molar-refractivity contribution in [3.8, 4) is 11.1 Å². The number of hydrogen-bond acceptors (Lipinski definition) is 3. The first-order chi connectivity index (χ1) is 14.9. The van der Waals surface area contributed by atoms with Crippen LogP contribution in [-0.2, 0) is 21.2 Å². The van der Waals surface area contributed by atoms with Gasteiger partial charge in [0, 0.05) is 17.0 Å². The Kier molecular flexibility index (Phi) is 6.94. The van der Waals surface area contributed by atoms with Crippen LogP contribution in [0.25, 0.3) is 11.1 Å². The fourth-order valence-electron chi connectivity index (χ4n) is 3.97. The second kappa shape index (κ2) is 9.19. The standard InChI is InChI=1S/C22H24F4N2O3S/c1-12(2)22(29)28-11-18(25)21(27-32(3,30)31)19(28)9-13-5-4-6-15(20(13)26)16-10-14(23)7-8-17(16)24/h4-8,10,12,18-19,21,27H,9,11H2,1-3H3/t18-,19-,21-/m0/s1. The molecule has 1 aliphatic rings. The predicted octanol–water partition coefficient (Wildman–Crippen LogP) is 3.44. The molecule has 0 unspecified atom stereocenters. The van der Waals surface area contributed by atoms with E-state index < -0.39 is 57.6 Å². The van der Waals surface area contributed by atoms with Gasteiger partial charge in [0.05, 0.1) is 24.9 Å². The lowest BCUT2D eigenvalue weighted by Gasteiger charge is -2.29. The maximum atomic E-state index is 15.3. The number of rotatable bonds is 6. The number of nitrogens with one attached hydrogen (secondary N) is 1. The number of hydrogen-bond donors (Lipinski definition) is 1. The van der Waals surface area contributed by atoms with Crippen LogP contribution in [0.2, 0.25) is 0 Å². The van der Waals surface area contributed by atoms with Gasteiger partial charge in [0.25, 0.3) is 0 Å². The number of sulfonamides is 1. The van der Waals surface area contributed by atoms with Gasteiger partial charge < -0.3 is 4.90 Å². The summed E-state index contributed by atoms with van der Waals surface area (Å²) in [4.78, 5) is 13.9. The highest BCUT2D eigenvalue weighted by atomic mass is 32.2. The van der Waals surface area contributed by atoms with Crippen LogP contribution in [-0.4, -0.2) is 50.3 Å². The van der Waals surface area contributed by atoms with Crippen molar-refractivity contribution in [2.75, 3.05) is 12.8 Å². The van der Waals surface area contributed by atoms with Crippen molar-refractivity contribution in [2.24, 2.45) is 5.92 Å². The minimum absolute atomic E-state index is 0.0205. The molecular weight excluding hydrogens is 448 g/mol. The Labute approximate surface area is 184 Å². The van der Waals surface area contributed by atoms with E-state index in [-0.39, 0.29) is 29.7 Å². The summed E-state index contributed by atoms with van der Waals surface area (Å²) in [6.45, 7) is 2.91. The third-order valence-corrected chi connectivity index (χ3v) is 6.13. The Bertz CT molecular complexity index is 1120. The molecule has 1 saturated heterocycles. The maximum absolute atomic E-state index is 15.3. The topological polar surface area (TPSA) is 66.5 Å². The van der Waals surface area contributed by atoms with Crippen LogP contribution in [0.1, 0.15) is 19.4 Å². The van der Waals surface area contributed by atoms with Crippen molar-refractivity contribution in [2.45, 2.75) is 38.5 Å². The van der Waals surface area contributed by atoms with Crippen LogP contribution < -0.4 is 4.72 Å². The first-order valence-electron chi connectivity index (χ1n) is 10.0. The fourth-order valence-corrected chi connectivity index (χ4v) is 4.77. The van der Waals surface area contributed by atoms with Crippen molar-refractivity contribution >= 4 is 15.9 Å². The molecule has 1 amide bonds. The van der Waals surface area contributed by atoms with Crippen molar-refractivity contribution < 1.29 is 30.8 Å². The summed E-state index contributed by atoms with van der Waals surface area (Å²) in [5.41, 5.74) is -0.448. The van der Waals surface area contributed by atoms with Gasteiger partial charge in [-0.1, -0.05) is 32.0 Å². The lowest BCUT2D eigenvalue weighted by atomic mass is 9.95. The average Bonchev–Trinajstić information content (AvgIpc) is 2.99. The molecule has 0 radical (unpaired) electrons. The van der Waals surface area contributed by atoms with Gasteiger partial charge in [-0.15, -0.1) is 0 Å². The predicted molar refractivity (Wildman–Crippen MR) is 112 cm³/mol. The number of alkyl halides is 1. The van der Waals surface area contributed by atoms with Gasteiger partial charge >= 0.3 is 0 Å². The van der Waals surface area contributed by atoms with Crippen molar-refractivity contribution in [1.29, 1.82) is 0 Å². The Morgan fingerprint density at radius 1 is 1.16 bits per heavy atom. The number of nitrogens with zero attached hydrogens (tertiary/aromatic N) is 1. The van der Waals surface area contributed by atoms with E-state index in [9.17, 15) is 26.4 Å². The Hall–Kier alpha value is -2.46. The molecule has 32 heavy (non-hydrogen) atoms. The molecular formula is C22H24F4N2O3S. The minimum atomic E-state index is -3.82. The monoisotopic (exact) mass is 472 g/mol. The van der Waals surface area contributed by atoms with Gasteiger partial charge in [-0.3, -0.25) is 4.79 Å². The zero-order valence-electron chi connectivity index (χ0n) is 17.8. The number of likely N-dealkylation sites (tertiary alicyclic amines) is 1. The molecule has 1 aliphatic heterocycles. The summed E-state index contributed by atoms with van der Waals surface area (Å²) in [5, 5.41) is 0. The second-order valence-corrected chi connectivity index (χ2v) is 10.0. The van der Waals surface area contributed by atoms with Crippen LogP contribution in [0.3, 0.4) is 0 Å². The van der Waals surface area contributed by atoms with Gasteiger partial charge in [-0.25, -0.2) is 30.7 Å².